The molecular formula is C18H28N2O2. The number of benzene rings is 1. The Morgan fingerprint density at radius 1 is 1.32 bits per heavy atom. The van der Waals surface area contributed by atoms with Crippen LogP contribution in [-0.2, 0) is 10.4 Å². The van der Waals surface area contributed by atoms with Crippen molar-refractivity contribution in [1.82, 2.24) is 10.2 Å². The van der Waals surface area contributed by atoms with Gasteiger partial charge in [0.2, 0.25) is 5.91 Å². The highest BCUT2D eigenvalue weighted by Crippen LogP contribution is 2.33. The Hall–Kier alpha value is -1.39. The van der Waals surface area contributed by atoms with E-state index in [9.17, 15) is 9.90 Å². The fraction of sp³-hybridized carbons (Fsp3) is 0.611. The van der Waals surface area contributed by atoms with Crippen molar-refractivity contribution in [2.75, 3.05) is 19.6 Å². The lowest BCUT2D eigenvalue weighted by Crippen LogP contribution is -2.51. The van der Waals surface area contributed by atoms with Crippen molar-refractivity contribution >= 4 is 5.91 Å². The molecule has 0 saturated carbocycles. The Labute approximate surface area is 133 Å². The van der Waals surface area contributed by atoms with Crippen molar-refractivity contribution in [3.63, 3.8) is 0 Å². The van der Waals surface area contributed by atoms with Gasteiger partial charge in [0, 0.05) is 19.6 Å². The van der Waals surface area contributed by atoms with Gasteiger partial charge in [0.05, 0.1) is 11.6 Å². The molecule has 1 atom stereocenters. The molecule has 1 aromatic rings. The number of carbonyl (C=O) groups is 1. The third-order valence-corrected chi connectivity index (χ3v) is 4.69. The normalized spacial score (nSPS) is 19.6. The lowest BCUT2D eigenvalue weighted by molar-refractivity contribution is -0.128. The van der Waals surface area contributed by atoms with Crippen LogP contribution in [-0.4, -0.2) is 41.6 Å². The minimum absolute atomic E-state index is 0.0959. The van der Waals surface area contributed by atoms with E-state index in [1.165, 1.54) is 0 Å². The van der Waals surface area contributed by atoms with Crippen LogP contribution in [0, 0.1) is 0 Å². The fourth-order valence-electron chi connectivity index (χ4n) is 3.02. The molecule has 2 N–H and O–H groups in total. The van der Waals surface area contributed by atoms with E-state index in [4.69, 9.17) is 0 Å². The molecule has 0 bridgehead atoms. The van der Waals surface area contributed by atoms with Gasteiger partial charge < -0.3 is 10.4 Å². The van der Waals surface area contributed by atoms with Crippen molar-refractivity contribution in [2.45, 2.75) is 51.2 Å². The summed E-state index contributed by atoms with van der Waals surface area (Å²) in [5, 5.41) is 13.8. The summed E-state index contributed by atoms with van der Waals surface area (Å²) in [4.78, 5) is 14.3. The standard InChI is InChI=1S/C18H28N2O2/c1-3-4-12-19-17(21)15(2)20-13-10-18(22,11-14-20)16-8-6-5-7-9-16/h5-9,15,22H,3-4,10-14H2,1-2H3,(H,19,21)/t15-/m1/s1. The number of rotatable bonds is 6. The van der Waals surface area contributed by atoms with Gasteiger partial charge in [0.1, 0.15) is 0 Å². The summed E-state index contributed by atoms with van der Waals surface area (Å²) >= 11 is 0. The molecule has 1 saturated heterocycles. The number of piperidine rings is 1. The van der Waals surface area contributed by atoms with Crippen molar-refractivity contribution in [2.24, 2.45) is 0 Å². The summed E-state index contributed by atoms with van der Waals surface area (Å²) in [5.41, 5.74) is 0.227. The molecule has 1 amide bonds. The summed E-state index contributed by atoms with van der Waals surface area (Å²) in [5.74, 6) is 0.0959. The van der Waals surface area contributed by atoms with Crippen molar-refractivity contribution in [3.05, 3.63) is 35.9 Å². The van der Waals surface area contributed by atoms with E-state index in [-0.39, 0.29) is 11.9 Å². The first-order valence-electron chi connectivity index (χ1n) is 8.36. The number of nitrogens with zero attached hydrogens (tertiary/aromatic N) is 1. The number of unbranched alkanes of at least 4 members (excludes halogenated alkanes) is 1. The van der Waals surface area contributed by atoms with Crippen LogP contribution >= 0.6 is 0 Å². The molecular weight excluding hydrogens is 276 g/mol. The molecule has 1 heterocycles. The summed E-state index contributed by atoms with van der Waals surface area (Å²) in [6, 6.07) is 9.72. The molecule has 0 aliphatic carbocycles. The van der Waals surface area contributed by atoms with Crippen LogP contribution in [0.3, 0.4) is 0 Å². The van der Waals surface area contributed by atoms with Gasteiger partial charge in [-0.15, -0.1) is 0 Å². The van der Waals surface area contributed by atoms with Gasteiger partial charge in [0.15, 0.2) is 0 Å². The second-order valence-corrected chi connectivity index (χ2v) is 6.25. The van der Waals surface area contributed by atoms with Crippen LogP contribution in [0.2, 0.25) is 0 Å². The van der Waals surface area contributed by atoms with Gasteiger partial charge in [-0.25, -0.2) is 0 Å². The Morgan fingerprint density at radius 2 is 1.95 bits per heavy atom. The maximum absolute atomic E-state index is 12.1. The minimum atomic E-state index is -0.754. The summed E-state index contributed by atoms with van der Waals surface area (Å²) in [6.45, 7) is 6.31. The SMILES string of the molecule is CCCCNC(=O)[C@@H](C)N1CCC(O)(c2ccccc2)CC1. The molecule has 0 aromatic heterocycles. The highest BCUT2D eigenvalue weighted by Gasteiger charge is 2.36. The number of nitrogens with one attached hydrogen (secondary N) is 1. The number of carbonyl (C=O) groups excluding carboxylic acids is 1. The molecule has 4 nitrogen and oxygen atoms in total. The minimum Gasteiger partial charge on any atom is -0.385 e. The van der Waals surface area contributed by atoms with Gasteiger partial charge in [-0.05, 0) is 31.7 Å². The van der Waals surface area contributed by atoms with E-state index in [0.29, 0.717) is 12.8 Å². The average molecular weight is 304 g/mol. The van der Waals surface area contributed by atoms with Gasteiger partial charge in [-0.1, -0.05) is 43.7 Å². The molecule has 1 aromatic carbocycles. The monoisotopic (exact) mass is 304 g/mol. The molecule has 4 heteroatoms. The predicted octanol–water partition coefficient (Wildman–Crippen LogP) is 2.27. The quantitative estimate of drug-likeness (QED) is 0.793. The highest BCUT2D eigenvalue weighted by molar-refractivity contribution is 5.81. The number of hydrogen-bond donors (Lipinski definition) is 2. The van der Waals surface area contributed by atoms with Crippen molar-refractivity contribution in [3.8, 4) is 0 Å². The Morgan fingerprint density at radius 3 is 2.55 bits per heavy atom. The Balaban J connectivity index is 1.87. The molecule has 0 spiro atoms. The smallest absolute Gasteiger partial charge is 0.237 e. The Bertz CT molecular complexity index is 467. The van der Waals surface area contributed by atoms with Crippen LogP contribution in [0.25, 0.3) is 0 Å². The number of hydrogen-bond acceptors (Lipinski definition) is 3. The largest absolute Gasteiger partial charge is 0.385 e. The molecule has 1 fully saturated rings. The summed E-state index contributed by atoms with van der Waals surface area (Å²) < 4.78 is 0. The summed E-state index contributed by atoms with van der Waals surface area (Å²) in [6.07, 6.45) is 3.45. The number of likely N-dealkylation sites (tertiary alicyclic amines) is 1. The maximum Gasteiger partial charge on any atom is 0.237 e. The highest BCUT2D eigenvalue weighted by atomic mass is 16.3. The zero-order valence-electron chi connectivity index (χ0n) is 13.7. The first kappa shape index (κ1) is 17.0. The third kappa shape index (κ3) is 4.08. The second-order valence-electron chi connectivity index (χ2n) is 6.25. The van der Waals surface area contributed by atoms with Crippen LogP contribution < -0.4 is 5.32 Å². The first-order valence-corrected chi connectivity index (χ1v) is 8.36. The van der Waals surface area contributed by atoms with Gasteiger partial charge >= 0.3 is 0 Å². The third-order valence-electron chi connectivity index (χ3n) is 4.69. The van der Waals surface area contributed by atoms with Crippen LogP contribution in [0.4, 0.5) is 0 Å². The first-order chi connectivity index (χ1) is 10.6. The van der Waals surface area contributed by atoms with Crippen LogP contribution in [0.5, 0.6) is 0 Å². The lowest BCUT2D eigenvalue weighted by atomic mass is 9.84. The van der Waals surface area contributed by atoms with Gasteiger partial charge in [0.25, 0.3) is 0 Å². The molecule has 1 aliphatic rings. The molecule has 1 aliphatic heterocycles. The maximum atomic E-state index is 12.1. The van der Waals surface area contributed by atoms with Gasteiger partial charge in [-0.2, -0.15) is 0 Å². The Kier molecular flexibility index (Phi) is 5.98. The fourth-order valence-corrected chi connectivity index (χ4v) is 3.02. The van der Waals surface area contributed by atoms with Crippen molar-refractivity contribution in [1.29, 1.82) is 0 Å². The average Bonchev–Trinajstić information content (AvgIpc) is 2.56. The topological polar surface area (TPSA) is 52.6 Å². The molecule has 122 valence electrons. The second kappa shape index (κ2) is 7.75. The van der Waals surface area contributed by atoms with Gasteiger partial charge in [-0.3, -0.25) is 9.69 Å². The van der Waals surface area contributed by atoms with E-state index in [1.54, 1.807) is 0 Å². The lowest BCUT2D eigenvalue weighted by Gasteiger charge is -2.40. The van der Waals surface area contributed by atoms with E-state index >= 15 is 0 Å². The zero-order chi connectivity index (χ0) is 16.0. The molecule has 0 unspecified atom stereocenters. The predicted molar refractivity (Wildman–Crippen MR) is 88.5 cm³/mol. The number of aliphatic hydroxyl groups is 1. The molecule has 0 radical (unpaired) electrons. The molecule has 22 heavy (non-hydrogen) atoms. The van der Waals surface area contributed by atoms with Crippen molar-refractivity contribution < 1.29 is 9.90 Å². The van der Waals surface area contributed by atoms with E-state index in [1.807, 2.05) is 37.3 Å². The van der Waals surface area contributed by atoms with E-state index < -0.39 is 5.60 Å². The van der Waals surface area contributed by atoms with Crippen LogP contribution in [0.15, 0.2) is 30.3 Å². The zero-order valence-corrected chi connectivity index (χ0v) is 13.7. The van der Waals surface area contributed by atoms with Crippen LogP contribution in [0.1, 0.15) is 45.1 Å². The molecule has 2 rings (SSSR count). The van der Waals surface area contributed by atoms with E-state index in [2.05, 4.69) is 17.1 Å². The van der Waals surface area contributed by atoms with E-state index in [0.717, 1.165) is 38.0 Å². The number of amides is 1. The summed E-state index contributed by atoms with van der Waals surface area (Å²) in [7, 11) is 0.